The third-order valence-corrected chi connectivity index (χ3v) is 4.88. The van der Waals surface area contributed by atoms with E-state index in [2.05, 4.69) is 4.98 Å². The average molecular weight is 369 g/mol. The quantitative estimate of drug-likeness (QED) is 0.409. The van der Waals surface area contributed by atoms with Gasteiger partial charge in [-0.05, 0) is 18.9 Å². The molecule has 144 valence electrons. The number of hydrogen-bond acceptors (Lipinski definition) is 9. The number of carbonyl (C=O) groups is 1. The first-order valence-electron chi connectivity index (χ1n) is 8.69. The minimum Gasteiger partial charge on any atom is -0.463 e. The zero-order valence-corrected chi connectivity index (χ0v) is 14.2. The van der Waals surface area contributed by atoms with Crippen molar-refractivity contribution in [2.45, 2.75) is 56.6 Å². The highest BCUT2D eigenvalue weighted by Gasteiger charge is 2.45. The fourth-order valence-corrected chi connectivity index (χ4v) is 3.39. The molecule has 0 aromatic carbocycles. The summed E-state index contributed by atoms with van der Waals surface area (Å²) in [5.74, 6) is -0.513. The summed E-state index contributed by atoms with van der Waals surface area (Å²) in [6.45, 7) is -0.206. The van der Waals surface area contributed by atoms with E-state index < -0.39 is 30.2 Å². The fraction of sp³-hybridized carbons (Fsp3) is 0.688. The second-order valence-corrected chi connectivity index (χ2v) is 6.63. The van der Waals surface area contributed by atoms with Crippen LogP contribution in [0, 0.1) is 5.92 Å². The van der Waals surface area contributed by atoms with Gasteiger partial charge in [0.1, 0.15) is 24.9 Å². The number of aliphatic hydroxyl groups excluding tert-OH is 2. The van der Waals surface area contributed by atoms with Gasteiger partial charge in [-0.1, -0.05) is 19.3 Å². The number of rotatable bonds is 5. The highest BCUT2D eigenvalue weighted by Crippen LogP contribution is 2.29. The Bertz CT molecular complexity index is 689. The third kappa shape index (κ3) is 3.88. The van der Waals surface area contributed by atoms with Gasteiger partial charge in [0.25, 0.3) is 0 Å². The molecule has 10 nitrogen and oxygen atoms in total. The SMILES string of the molecule is O=C(OC[C@H]1O[C@@H](n2ccc(NO)nc2=O)[C@H](O)[C@@H]1O)C1CCCCC1. The third-order valence-electron chi connectivity index (χ3n) is 4.88. The van der Waals surface area contributed by atoms with Crippen LogP contribution in [0.1, 0.15) is 38.3 Å². The van der Waals surface area contributed by atoms with Crippen molar-refractivity contribution in [3.05, 3.63) is 22.7 Å². The largest absolute Gasteiger partial charge is 0.463 e. The lowest BCUT2D eigenvalue weighted by molar-refractivity contribution is -0.156. The number of carbonyl (C=O) groups excluding carboxylic acids is 1. The van der Waals surface area contributed by atoms with Crippen LogP contribution in [0.5, 0.6) is 0 Å². The number of aliphatic hydroxyl groups is 2. The molecule has 0 unspecified atom stereocenters. The average Bonchev–Trinajstić information content (AvgIpc) is 2.95. The van der Waals surface area contributed by atoms with Gasteiger partial charge < -0.3 is 19.7 Å². The molecule has 0 radical (unpaired) electrons. The lowest BCUT2D eigenvalue weighted by Gasteiger charge is -2.21. The highest BCUT2D eigenvalue weighted by atomic mass is 16.6. The van der Waals surface area contributed by atoms with Crippen molar-refractivity contribution >= 4 is 11.8 Å². The van der Waals surface area contributed by atoms with Crippen molar-refractivity contribution in [3.63, 3.8) is 0 Å². The van der Waals surface area contributed by atoms with Gasteiger partial charge in [0, 0.05) is 6.20 Å². The van der Waals surface area contributed by atoms with E-state index in [1.165, 1.54) is 12.3 Å². The molecule has 2 aliphatic rings. The number of ether oxygens (including phenoxy) is 2. The Hall–Kier alpha value is -2.01. The standard InChI is InChI=1S/C16H23N3O7/c20-12-10(8-25-15(22)9-4-2-1-3-5-9)26-14(13(12)21)19-7-6-11(18-24)17-16(19)23/h6-7,9-10,12-14,20-21,24H,1-5,8H2,(H,17,18,23)/t10-,12-,13-,14-/m1/s1. The molecule has 0 spiro atoms. The maximum Gasteiger partial charge on any atom is 0.351 e. The molecule has 0 bridgehead atoms. The van der Waals surface area contributed by atoms with Crippen LogP contribution in [0.4, 0.5) is 5.82 Å². The van der Waals surface area contributed by atoms with Crippen molar-refractivity contribution in [3.8, 4) is 0 Å². The number of nitrogens with zero attached hydrogens (tertiary/aromatic N) is 2. The number of aromatic nitrogens is 2. The summed E-state index contributed by atoms with van der Waals surface area (Å²) in [6.07, 6.45) is 1.15. The molecule has 3 rings (SSSR count). The van der Waals surface area contributed by atoms with Crippen molar-refractivity contribution < 1.29 is 29.7 Å². The Balaban J connectivity index is 1.62. The van der Waals surface area contributed by atoms with Gasteiger partial charge >= 0.3 is 11.7 Å². The van der Waals surface area contributed by atoms with Crippen molar-refractivity contribution in [1.82, 2.24) is 9.55 Å². The van der Waals surface area contributed by atoms with Crippen molar-refractivity contribution in [2.75, 3.05) is 12.1 Å². The monoisotopic (exact) mass is 369 g/mol. The summed E-state index contributed by atoms with van der Waals surface area (Å²) < 4.78 is 11.8. The molecule has 1 saturated heterocycles. The Morgan fingerprint density at radius 1 is 1.31 bits per heavy atom. The summed E-state index contributed by atoms with van der Waals surface area (Å²) in [5.41, 5.74) is 0.966. The van der Waals surface area contributed by atoms with Crippen LogP contribution >= 0.6 is 0 Å². The summed E-state index contributed by atoms with van der Waals surface area (Å²) in [5, 5.41) is 29.1. The molecule has 0 amide bonds. The van der Waals surface area contributed by atoms with Gasteiger partial charge in [-0.15, -0.1) is 0 Å². The first kappa shape index (κ1) is 18.8. The van der Waals surface area contributed by atoms with E-state index in [0.717, 1.165) is 36.7 Å². The Morgan fingerprint density at radius 3 is 2.69 bits per heavy atom. The van der Waals surface area contributed by atoms with Crippen LogP contribution in [-0.2, 0) is 14.3 Å². The minimum atomic E-state index is -1.39. The van der Waals surface area contributed by atoms with Gasteiger partial charge in [0.05, 0.1) is 5.92 Å². The smallest absolute Gasteiger partial charge is 0.351 e. The predicted octanol–water partition coefficient (Wildman–Crippen LogP) is -0.213. The molecule has 10 heteroatoms. The van der Waals surface area contributed by atoms with E-state index in [1.54, 1.807) is 5.48 Å². The molecule has 4 atom stereocenters. The number of nitrogens with one attached hydrogen (secondary N) is 1. The van der Waals surface area contributed by atoms with Crippen LogP contribution in [0.3, 0.4) is 0 Å². The zero-order valence-electron chi connectivity index (χ0n) is 14.2. The second kappa shape index (κ2) is 8.12. The molecule has 4 N–H and O–H groups in total. The van der Waals surface area contributed by atoms with Gasteiger partial charge in [-0.3, -0.25) is 20.0 Å². The summed E-state index contributed by atoms with van der Waals surface area (Å²) in [4.78, 5) is 27.6. The number of esters is 1. The second-order valence-electron chi connectivity index (χ2n) is 6.63. The molecule has 2 fully saturated rings. The van der Waals surface area contributed by atoms with Crippen molar-refractivity contribution in [2.24, 2.45) is 5.92 Å². The first-order valence-corrected chi connectivity index (χ1v) is 8.69. The molecule has 26 heavy (non-hydrogen) atoms. The lowest BCUT2D eigenvalue weighted by atomic mass is 9.89. The molecule has 1 aromatic rings. The van der Waals surface area contributed by atoms with Gasteiger partial charge in [0.2, 0.25) is 0 Å². The van der Waals surface area contributed by atoms with E-state index in [0.29, 0.717) is 0 Å². The minimum absolute atomic E-state index is 0.0581. The molecule has 1 aliphatic carbocycles. The summed E-state index contributed by atoms with van der Waals surface area (Å²) in [6, 6.07) is 1.31. The topological polar surface area (TPSA) is 143 Å². The normalized spacial score (nSPS) is 29.5. The molecule has 2 heterocycles. The summed E-state index contributed by atoms with van der Waals surface area (Å²) in [7, 11) is 0. The van der Waals surface area contributed by atoms with Crippen LogP contribution < -0.4 is 11.2 Å². The van der Waals surface area contributed by atoms with E-state index in [1.807, 2.05) is 0 Å². The highest BCUT2D eigenvalue weighted by molar-refractivity contribution is 5.72. The molecular formula is C16H23N3O7. The molecular weight excluding hydrogens is 346 g/mol. The lowest BCUT2D eigenvalue weighted by Crippen LogP contribution is -2.36. The zero-order chi connectivity index (χ0) is 18.7. The molecule has 1 aliphatic heterocycles. The molecule has 1 aromatic heterocycles. The van der Waals surface area contributed by atoms with Crippen LogP contribution in [-0.4, -0.2) is 55.9 Å². The summed E-state index contributed by atoms with van der Waals surface area (Å²) >= 11 is 0. The van der Waals surface area contributed by atoms with Crippen LogP contribution in [0.15, 0.2) is 17.1 Å². The maximum atomic E-state index is 12.1. The van der Waals surface area contributed by atoms with E-state index >= 15 is 0 Å². The van der Waals surface area contributed by atoms with E-state index in [4.69, 9.17) is 14.7 Å². The first-order chi connectivity index (χ1) is 12.5. The molecule has 1 saturated carbocycles. The number of anilines is 1. The Labute approximate surface area is 149 Å². The van der Waals surface area contributed by atoms with Crippen LogP contribution in [0.25, 0.3) is 0 Å². The van der Waals surface area contributed by atoms with Crippen LogP contribution in [0.2, 0.25) is 0 Å². The number of hydrogen-bond donors (Lipinski definition) is 4. The van der Waals surface area contributed by atoms with E-state index in [9.17, 15) is 19.8 Å². The maximum absolute atomic E-state index is 12.1. The fourth-order valence-electron chi connectivity index (χ4n) is 3.39. The van der Waals surface area contributed by atoms with Gasteiger partial charge in [-0.2, -0.15) is 4.98 Å². The Morgan fingerprint density at radius 2 is 2.04 bits per heavy atom. The van der Waals surface area contributed by atoms with Gasteiger partial charge in [-0.25, -0.2) is 4.79 Å². The van der Waals surface area contributed by atoms with E-state index in [-0.39, 0.29) is 24.3 Å². The van der Waals surface area contributed by atoms with Crippen molar-refractivity contribution in [1.29, 1.82) is 0 Å². The predicted molar refractivity (Wildman–Crippen MR) is 87.4 cm³/mol. The Kier molecular flexibility index (Phi) is 5.87. The van der Waals surface area contributed by atoms with Gasteiger partial charge in [0.15, 0.2) is 12.0 Å².